The maximum Gasteiger partial charge on any atom is 0.287 e. The molecule has 0 aliphatic carbocycles. The average molecular weight is 380 g/mol. The first kappa shape index (κ1) is 21.4. The van der Waals surface area contributed by atoms with E-state index in [0.717, 1.165) is 11.1 Å². The molecule has 2 rings (SSSR count). The average Bonchev–Trinajstić information content (AvgIpc) is 2.68. The third-order valence-electron chi connectivity index (χ3n) is 4.28. The van der Waals surface area contributed by atoms with Crippen LogP contribution in [0, 0.1) is 5.41 Å². The summed E-state index contributed by atoms with van der Waals surface area (Å²) in [6, 6.07) is 15.2. The minimum Gasteiger partial charge on any atom is -0.461 e. The molecule has 28 heavy (non-hydrogen) atoms. The summed E-state index contributed by atoms with van der Waals surface area (Å²) < 4.78 is 5.27. The number of benzene rings is 2. The summed E-state index contributed by atoms with van der Waals surface area (Å²) in [6.07, 6.45) is 4.05. The van der Waals surface area contributed by atoms with Gasteiger partial charge in [-0.1, -0.05) is 62.4 Å². The molecule has 0 saturated heterocycles. The van der Waals surface area contributed by atoms with Crippen LogP contribution < -0.4 is 5.73 Å². The van der Waals surface area contributed by atoms with E-state index < -0.39 is 5.41 Å². The van der Waals surface area contributed by atoms with Gasteiger partial charge in [-0.3, -0.25) is 4.79 Å². The standard InChI is InChI=1S/C23H28N2O3/c1-4-5-14-28-22(24)25-20-12-10-18(11-13-20)17-6-8-19(9-7-17)21(27)15-23(2,3)16-26/h4-13,26H,14-16H2,1-3H3,(H2,24,25)/b5-4-. The molecule has 148 valence electrons. The molecule has 3 N–H and O–H groups in total. The summed E-state index contributed by atoms with van der Waals surface area (Å²) in [4.78, 5) is 16.6. The smallest absolute Gasteiger partial charge is 0.287 e. The lowest BCUT2D eigenvalue weighted by molar-refractivity contribution is 0.0858. The summed E-state index contributed by atoms with van der Waals surface area (Å²) in [6.45, 7) is 6.04. The first-order valence-corrected chi connectivity index (χ1v) is 9.27. The second kappa shape index (κ2) is 9.85. The van der Waals surface area contributed by atoms with Crippen LogP contribution in [0.2, 0.25) is 0 Å². The summed E-state index contributed by atoms with van der Waals surface area (Å²) in [7, 11) is 0. The molecule has 0 heterocycles. The number of ketones is 1. The first-order valence-electron chi connectivity index (χ1n) is 9.27. The van der Waals surface area contributed by atoms with Gasteiger partial charge in [-0.05, 0) is 35.6 Å². The number of aliphatic imine (C=N–C) groups is 1. The summed E-state index contributed by atoms with van der Waals surface area (Å²) in [5.41, 5.74) is 8.71. The molecule has 0 aliphatic rings. The molecule has 0 spiro atoms. The van der Waals surface area contributed by atoms with E-state index in [9.17, 15) is 9.90 Å². The minimum absolute atomic E-state index is 0.0173. The van der Waals surface area contributed by atoms with E-state index in [1.165, 1.54) is 0 Å². The molecule has 0 saturated carbocycles. The Kier molecular flexibility index (Phi) is 7.52. The Labute approximate surface area is 166 Å². The van der Waals surface area contributed by atoms with Gasteiger partial charge in [0.25, 0.3) is 6.02 Å². The zero-order chi connectivity index (χ0) is 20.6. The fourth-order valence-corrected chi connectivity index (χ4v) is 2.56. The molecule has 0 aliphatic heterocycles. The molecular weight excluding hydrogens is 352 g/mol. The van der Waals surface area contributed by atoms with Gasteiger partial charge < -0.3 is 15.6 Å². The molecule has 2 aromatic carbocycles. The van der Waals surface area contributed by atoms with E-state index in [2.05, 4.69) is 4.99 Å². The topological polar surface area (TPSA) is 84.9 Å². The predicted molar refractivity (Wildman–Crippen MR) is 114 cm³/mol. The van der Waals surface area contributed by atoms with Crippen LogP contribution in [0.1, 0.15) is 37.6 Å². The van der Waals surface area contributed by atoms with E-state index in [0.29, 0.717) is 24.3 Å². The molecule has 0 atom stereocenters. The van der Waals surface area contributed by atoms with Gasteiger partial charge in [0.05, 0.1) is 5.69 Å². The van der Waals surface area contributed by atoms with Crippen LogP contribution in [-0.2, 0) is 4.74 Å². The monoisotopic (exact) mass is 380 g/mol. The maximum atomic E-state index is 12.4. The third-order valence-corrected chi connectivity index (χ3v) is 4.28. The normalized spacial score (nSPS) is 12.4. The molecule has 0 bridgehead atoms. The van der Waals surface area contributed by atoms with Crippen molar-refractivity contribution in [2.24, 2.45) is 16.1 Å². The molecule has 0 aromatic heterocycles. The molecule has 2 aromatic rings. The van der Waals surface area contributed by atoms with E-state index in [4.69, 9.17) is 10.5 Å². The van der Waals surface area contributed by atoms with Crippen LogP contribution in [-0.4, -0.2) is 30.1 Å². The van der Waals surface area contributed by atoms with Gasteiger partial charge in [0, 0.05) is 18.6 Å². The van der Waals surface area contributed by atoms with E-state index in [-0.39, 0.29) is 18.4 Å². The highest BCUT2D eigenvalue weighted by Gasteiger charge is 2.21. The van der Waals surface area contributed by atoms with Crippen molar-refractivity contribution in [3.05, 3.63) is 66.2 Å². The maximum absolute atomic E-state index is 12.4. The quantitative estimate of drug-likeness (QED) is 0.306. The lowest BCUT2D eigenvalue weighted by Gasteiger charge is -2.20. The number of allylic oxidation sites excluding steroid dienone is 1. The highest BCUT2D eigenvalue weighted by atomic mass is 16.5. The number of hydrogen-bond acceptors (Lipinski definition) is 4. The number of carbonyl (C=O) groups excluding carboxylic acids is 1. The fourth-order valence-electron chi connectivity index (χ4n) is 2.56. The molecule has 0 unspecified atom stereocenters. The lowest BCUT2D eigenvalue weighted by atomic mass is 9.86. The summed E-state index contributed by atoms with van der Waals surface area (Å²) in [5, 5.41) is 9.33. The van der Waals surface area contributed by atoms with Crippen LogP contribution in [0.5, 0.6) is 0 Å². The van der Waals surface area contributed by atoms with Crippen LogP contribution in [0.3, 0.4) is 0 Å². The number of carbonyl (C=O) groups is 1. The fraction of sp³-hybridized carbons (Fsp3) is 0.304. The highest BCUT2D eigenvalue weighted by Crippen LogP contribution is 2.25. The van der Waals surface area contributed by atoms with Gasteiger partial charge in [0.2, 0.25) is 0 Å². The molecule has 0 amide bonds. The van der Waals surface area contributed by atoms with Gasteiger partial charge in [-0.2, -0.15) is 4.99 Å². The number of rotatable bonds is 8. The highest BCUT2D eigenvalue weighted by molar-refractivity contribution is 5.96. The number of nitrogens with zero attached hydrogens (tertiary/aromatic N) is 1. The number of amidine groups is 1. The van der Waals surface area contributed by atoms with Crippen molar-refractivity contribution < 1.29 is 14.6 Å². The van der Waals surface area contributed by atoms with E-state index >= 15 is 0 Å². The van der Waals surface area contributed by atoms with E-state index in [1.54, 1.807) is 0 Å². The zero-order valence-electron chi connectivity index (χ0n) is 16.7. The van der Waals surface area contributed by atoms with Crippen molar-refractivity contribution in [2.75, 3.05) is 13.2 Å². The Bertz CT molecular complexity index is 835. The van der Waals surface area contributed by atoms with Crippen molar-refractivity contribution >= 4 is 17.5 Å². The lowest BCUT2D eigenvalue weighted by Crippen LogP contribution is -2.21. The van der Waals surface area contributed by atoms with Gasteiger partial charge >= 0.3 is 0 Å². The van der Waals surface area contributed by atoms with Crippen molar-refractivity contribution in [3.63, 3.8) is 0 Å². The first-order chi connectivity index (χ1) is 13.3. The Morgan fingerprint density at radius 3 is 2.21 bits per heavy atom. The SMILES string of the molecule is C/C=C\COC(N)=Nc1ccc(-c2ccc(C(=O)CC(C)(C)CO)cc2)cc1. The van der Waals surface area contributed by atoms with Crippen molar-refractivity contribution in [1.29, 1.82) is 0 Å². The number of ether oxygens (including phenoxy) is 1. The van der Waals surface area contributed by atoms with Crippen LogP contribution in [0.4, 0.5) is 5.69 Å². The van der Waals surface area contributed by atoms with Crippen molar-refractivity contribution in [2.45, 2.75) is 27.2 Å². The van der Waals surface area contributed by atoms with Gasteiger partial charge in [0.15, 0.2) is 5.78 Å². The Hall–Kier alpha value is -2.92. The molecule has 0 fully saturated rings. The van der Waals surface area contributed by atoms with Crippen LogP contribution in [0.15, 0.2) is 65.7 Å². The van der Waals surface area contributed by atoms with E-state index in [1.807, 2.05) is 81.5 Å². The predicted octanol–water partition coefficient (Wildman–Crippen LogP) is 4.48. The van der Waals surface area contributed by atoms with Crippen LogP contribution in [0.25, 0.3) is 11.1 Å². The number of Topliss-reactive ketones (excluding diaryl/α,β-unsaturated/α-hetero) is 1. The van der Waals surface area contributed by atoms with Gasteiger partial charge in [-0.15, -0.1) is 0 Å². The molecule has 5 heteroatoms. The Morgan fingerprint density at radius 1 is 1.11 bits per heavy atom. The van der Waals surface area contributed by atoms with Crippen molar-refractivity contribution in [3.8, 4) is 11.1 Å². The summed E-state index contributed by atoms with van der Waals surface area (Å²) >= 11 is 0. The molecular formula is C23H28N2O3. The number of hydrogen-bond donors (Lipinski definition) is 2. The van der Waals surface area contributed by atoms with Crippen molar-refractivity contribution in [1.82, 2.24) is 0 Å². The second-order valence-electron chi connectivity index (χ2n) is 7.38. The number of nitrogens with two attached hydrogens (primary N) is 1. The third kappa shape index (κ3) is 6.35. The van der Waals surface area contributed by atoms with Gasteiger partial charge in [-0.25, -0.2) is 0 Å². The molecule has 0 radical (unpaired) electrons. The Balaban J connectivity index is 2.06. The van der Waals surface area contributed by atoms with Crippen LogP contribution >= 0.6 is 0 Å². The number of aliphatic hydroxyl groups excluding tert-OH is 1. The van der Waals surface area contributed by atoms with Gasteiger partial charge in [0.1, 0.15) is 6.61 Å². The minimum atomic E-state index is -0.412. The number of aliphatic hydroxyl groups is 1. The largest absolute Gasteiger partial charge is 0.461 e. The Morgan fingerprint density at radius 2 is 1.68 bits per heavy atom. The molecule has 5 nitrogen and oxygen atoms in total. The summed E-state index contributed by atoms with van der Waals surface area (Å²) in [5.74, 6) is 0.0312. The zero-order valence-corrected chi connectivity index (χ0v) is 16.7. The second-order valence-corrected chi connectivity index (χ2v) is 7.38.